The number of likely N-dealkylation sites (N-methyl/N-ethyl adjacent to an activating group) is 1. The Balaban J connectivity index is 1.68. The van der Waals surface area contributed by atoms with Crippen molar-refractivity contribution in [3.63, 3.8) is 0 Å². The predicted octanol–water partition coefficient (Wildman–Crippen LogP) is 2.50. The molecule has 0 bridgehead atoms. The van der Waals surface area contributed by atoms with Crippen LogP contribution in [0.5, 0.6) is 0 Å². The van der Waals surface area contributed by atoms with Crippen molar-refractivity contribution in [3.05, 3.63) is 12.3 Å². The first-order valence-electron chi connectivity index (χ1n) is 9.98. The smallest absolute Gasteiger partial charge is 0.224 e. The van der Waals surface area contributed by atoms with Gasteiger partial charge in [0.05, 0.1) is 6.10 Å². The van der Waals surface area contributed by atoms with Gasteiger partial charge >= 0.3 is 0 Å². The molecule has 1 aromatic heterocycles. The molecule has 1 aliphatic heterocycles. The summed E-state index contributed by atoms with van der Waals surface area (Å²) in [5.74, 6) is 1.72. The van der Waals surface area contributed by atoms with Crippen molar-refractivity contribution >= 4 is 11.8 Å². The van der Waals surface area contributed by atoms with E-state index in [9.17, 15) is 5.11 Å². The number of anilines is 2. The largest absolute Gasteiger partial charge is 0.393 e. The Morgan fingerprint density at radius 1 is 1.16 bits per heavy atom. The minimum atomic E-state index is -0.159. The zero-order valence-electron chi connectivity index (χ0n) is 15.7. The zero-order valence-corrected chi connectivity index (χ0v) is 15.7. The number of hydrogen-bond acceptors (Lipinski definition) is 6. The lowest BCUT2D eigenvalue weighted by Gasteiger charge is -2.39. The van der Waals surface area contributed by atoms with Crippen LogP contribution in [-0.2, 0) is 0 Å². The van der Waals surface area contributed by atoms with Crippen LogP contribution >= 0.6 is 0 Å². The summed E-state index contributed by atoms with van der Waals surface area (Å²) in [4.78, 5) is 14.1. The maximum absolute atomic E-state index is 9.70. The van der Waals surface area contributed by atoms with E-state index in [1.54, 1.807) is 0 Å². The molecule has 6 heteroatoms. The maximum atomic E-state index is 9.70. The molecule has 2 fully saturated rings. The third-order valence-electron chi connectivity index (χ3n) is 5.75. The van der Waals surface area contributed by atoms with E-state index in [-0.39, 0.29) is 6.10 Å². The molecule has 1 saturated carbocycles. The number of nitrogens with one attached hydrogen (secondary N) is 1. The molecule has 2 atom stereocenters. The highest BCUT2D eigenvalue weighted by molar-refractivity contribution is 5.43. The molecule has 3 rings (SSSR count). The van der Waals surface area contributed by atoms with Crippen LogP contribution in [-0.4, -0.2) is 64.3 Å². The van der Waals surface area contributed by atoms with E-state index in [0.717, 1.165) is 50.8 Å². The van der Waals surface area contributed by atoms with Gasteiger partial charge in [0.15, 0.2) is 0 Å². The summed E-state index contributed by atoms with van der Waals surface area (Å²) in [7, 11) is 0. The monoisotopic (exact) mass is 347 g/mol. The van der Waals surface area contributed by atoms with Crippen LogP contribution in [0.25, 0.3) is 0 Å². The molecule has 1 saturated heterocycles. The Labute approximate surface area is 151 Å². The normalized spacial score (nSPS) is 25.4. The molecule has 2 N–H and O–H groups in total. The molecule has 1 aliphatic carbocycles. The summed E-state index contributed by atoms with van der Waals surface area (Å²) in [6.45, 7) is 8.41. The maximum Gasteiger partial charge on any atom is 0.224 e. The lowest BCUT2D eigenvalue weighted by Crippen LogP contribution is -2.49. The van der Waals surface area contributed by atoms with Crippen molar-refractivity contribution in [3.8, 4) is 0 Å². The van der Waals surface area contributed by atoms with E-state index in [0.29, 0.717) is 12.1 Å². The number of nitrogens with zero attached hydrogens (tertiary/aromatic N) is 4. The Hall–Kier alpha value is -1.40. The molecule has 140 valence electrons. The van der Waals surface area contributed by atoms with Gasteiger partial charge < -0.3 is 15.3 Å². The first-order chi connectivity index (χ1) is 12.2. The van der Waals surface area contributed by atoms with Crippen LogP contribution < -0.4 is 10.2 Å². The number of rotatable bonds is 6. The Kier molecular flexibility index (Phi) is 6.48. The molecule has 0 amide bonds. The standard InChI is InChI=1S/C19H33N5O/c1-3-23(4-2)17-8-6-5-7-16(17)21-19-20-12-9-18(22-19)24-13-10-15(25)11-14-24/h9,12,15-17,25H,3-8,10-11,13-14H2,1-2H3,(H,20,21,22)/t16-,17-/m1/s1. The van der Waals surface area contributed by atoms with Crippen LogP contribution in [0.15, 0.2) is 12.3 Å². The predicted molar refractivity (Wildman–Crippen MR) is 102 cm³/mol. The molecule has 6 nitrogen and oxygen atoms in total. The second-order valence-electron chi connectivity index (χ2n) is 7.28. The quantitative estimate of drug-likeness (QED) is 0.824. The van der Waals surface area contributed by atoms with Gasteiger partial charge in [-0.2, -0.15) is 4.98 Å². The minimum Gasteiger partial charge on any atom is -0.393 e. The van der Waals surface area contributed by atoms with Gasteiger partial charge in [0.25, 0.3) is 0 Å². The Morgan fingerprint density at radius 2 is 1.88 bits per heavy atom. The van der Waals surface area contributed by atoms with E-state index in [1.807, 2.05) is 12.3 Å². The number of hydrogen-bond donors (Lipinski definition) is 2. The van der Waals surface area contributed by atoms with Gasteiger partial charge in [-0.05, 0) is 44.8 Å². The van der Waals surface area contributed by atoms with Crippen molar-refractivity contribution < 1.29 is 5.11 Å². The lowest BCUT2D eigenvalue weighted by atomic mass is 9.89. The highest BCUT2D eigenvalue weighted by atomic mass is 16.3. The highest BCUT2D eigenvalue weighted by Gasteiger charge is 2.29. The van der Waals surface area contributed by atoms with Crippen LogP contribution in [0, 0.1) is 0 Å². The number of piperidine rings is 1. The summed E-state index contributed by atoms with van der Waals surface area (Å²) in [6, 6.07) is 2.97. The van der Waals surface area contributed by atoms with Crippen LogP contribution in [0.3, 0.4) is 0 Å². The van der Waals surface area contributed by atoms with Crippen molar-refractivity contribution in [1.82, 2.24) is 14.9 Å². The lowest BCUT2D eigenvalue weighted by molar-refractivity contribution is 0.145. The number of aliphatic hydroxyl groups excluding tert-OH is 1. The third-order valence-corrected chi connectivity index (χ3v) is 5.75. The summed E-state index contributed by atoms with van der Waals surface area (Å²) >= 11 is 0. The Morgan fingerprint density at radius 3 is 2.60 bits per heavy atom. The first kappa shape index (κ1) is 18.4. The van der Waals surface area contributed by atoms with Gasteiger partial charge in [-0.25, -0.2) is 4.98 Å². The topological polar surface area (TPSA) is 64.5 Å². The van der Waals surface area contributed by atoms with E-state index in [2.05, 4.69) is 33.9 Å². The fourth-order valence-electron chi connectivity index (χ4n) is 4.26. The molecular formula is C19H33N5O. The molecule has 0 aromatic carbocycles. The molecular weight excluding hydrogens is 314 g/mol. The van der Waals surface area contributed by atoms with E-state index >= 15 is 0 Å². The van der Waals surface area contributed by atoms with Gasteiger partial charge in [0.1, 0.15) is 5.82 Å². The summed E-state index contributed by atoms with van der Waals surface area (Å²) in [5, 5.41) is 13.3. The van der Waals surface area contributed by atoms with E-state index in [4.69, 9.17) is 4.98 Å². The van der Waals surface area contributed by atoms with Crippen molar-refractivity contribution in [2.24, 2.45) is 0 Å². The number of aromatic nitrogens is 2. The summed E-state index contributed by atoms with van der Waals surface area (Å²) in [5.41, 5.74) is 0. The molecule has 0 radical (unpaired) electrons. The molecule has 0 spiro atoms. The third kappa shape index (κ3) is 4.61. The van der Waals surface area contributed by atoms with Gasteiger partial charge in [-0.1, -0.05) is 26.7 Å². The van der Waals surface area contributed by atoms with Crippen LogP contribution in [0.1, 0.15) is 52.4 Å². The van der Waals surface area contributed by atoms with Gasteiger partial charge in [0, 0.05) is 31.4 Å². The van der Waals surface area contributed by atoms with Gasteiger partial charge in [0.2, 0.25) is 5.95 Å². The second kappa shape index (κ2) is 8.81. The summed E-state index contributed by atoms with van der Waals surface area (Å²) < 4.78 is 0. The fourth-order valence-corrected chi connectivity index (χ4v) is 4.26. The molecule has 2 aliphatic rings. The van der Waals surface area contributed by atoms with Crippen LogP contribution in [0.2, 0.25) is 0 Å². The van der Waals surface area contributed by atoms with Gasteiger partial charge in [-0.15, -0.1) is 0 Å². The van der Waals surface area contributed by atoms with Crippen LogP contribution in [0.4, 0.5) is 11.8 Å². The average Bonchev–Trinajstić information content (AvgIpc) is 2.65. The zero-order chi connectivity index (χ0) is 17.6. The first-order valence-corrected chi connectivity index (χ1v) is 9.98. The molecule has 25 heavy (non-hydrogen) atoms. The van der Waals surface area contributed by atoms with E-state index < -0.39 is 0 Å². The number of aliphatic hydroxyl groups is 1. The summed E-state index contributed by atoms with van der Waals surface area (Å²) in [6.07, 6.45) is 8.36. The van der Waals surface area contributed by atoms with Crippen molar-refractivity contribution in [2.75, 3.05) is 36.4 Å². The second-order valence-corrected chi connectivity index (χ2v) is 7.28. The SMILES string of the molecule is CCN(CC)[C@@H]1CCCC[C@H]1Nc1nccc(N2CCC(O)CC2)n1. The molecule has 2 heterocycles. The van der Waals surface area contributed by atoms with Gasteiger partial charge in [-0.3, -0.25) is 4.90 Å². The molecule has 1 aromatic rings. The highest BCUT2D eigenvalue weighted by Crippen LogP contribution is 2.26. The van der Waals surface area contributed by atoms with Crippen molar-refractivity contribution in [1.29, 1.82) is 0 Å². The minimum absolute atomic E-state index is 0.159. The Bertz CT molecular complexity index is 528. The average molecular weight is 348 g/mol. The fraction of sp³-hybridized carbons (Fsp3) is 0.789. The van der Waals surface area contributed by atoms with E-state index in [1.165, 1.54) is 25.7 Å². The van der Waals surface area contributed by atoms with Crippen molar-refractivity contribution in [2.45, 2.75) is 70.6 Å². The molecule has 0 unspecified atom stereocenters.